The molecule has 0 heterocycles. The molecule has 0 fully saturated rings. The molecule has 0 spiro atoms. The third kappa shape index (κ3) is 3.22. The van der Waals surface area contributed by atoms with Gasteiger partial charge < -0.3 is 14.9 Å². The Kier molecular flexibility index (Phi) is 4.28. The van der Waals surface area contributed by atoms with Crippen molar-refractivity contribution in [2.45, 2.75) is 0 Å². The van der Waals surface area contributed by atoms with Crippen molar-refractivity contribution in [3.8, 4) is 5.75 Å². The Bertz CT molecular complexity index is 423. The number of nitrogens with zero attached hydrogens (tertiary/aromatic N) is 1. The number of nitrogens with one attached hydrogen (secondary N) is 1. The molecule has 8 heteroatoms. The number of hydrogen-bond acceptors (Lipinski definition) is 6. The molecule has 7 nitrogen and oxygen atoms in total. The van der Waals surface area contributed by atoms with Crippen LogP contribution in [0.5, 0.6) is 5.75 Å². The van der Waals surface area contributed by atoms with Crippen LogP contribution in [0.25, 0.3) is 0 Å². The number of hydrogen-bond donors (Lipinski definition) is 2. The number of benzene rings is 1. The fraction of sp³-hybridized carbons (Fsp3) is 0.250. The molecular formula is C8H11N2O5P. The van der Waals surface area contributed by atoms with Gasteiger partial charge in [0.1, 0.15) is 11.4 Å². The predicted octanol–water partition coefficient (Wildman–Crippen LogP) is 1.79. The number of phenols is 1. The lowest BCUT2D eigenvalue weighted by molar-refractivity contribution is -0.384. The van der Waals surface area contributed by atoms with Gasteiger partial charge in [0.05, 0.1) is 17.3 Å². The monoisotopic (exact) mass is 246 g/mol. The van der Waals surface area contributed by atoms with Crippen LogP contribution in [0.3, 0.4) is 0 Å². The summed E-state index contributed by atoms with van der Waals surface area (Å²) in [7, 11) is -0.925. The van der Waals surface area contributed by atoms with Gasteiger partial charge in [-0.3, -0.25) is 14.7 Å². The van der Waals surface area contributed by atoms with Gasteiger partial charge in [0.25, 0.3) is 5.69 Å². The second-order valence-corrected chi connectivity index (χ2v) is 4.39. The molecule has 0 aliphatic heterocycles. The minimum absolute atomic E-state index is 0.00673. The predicted molar refractivity (Wildman–Crippen MR) is 59.3 cm³/mol. The second-order valence-electron chi connectivity index (χ2n) is 2.89. The van der Waals surface area contributed by atoms with Gasteiger partial charge in [0.2, 0.25) is 8.03 Å². The highest BCUT2D eigenvalue weighted by Gasteiger charge is 2.14. The lowest BCUT2D eigenvalue weighted by Gasteiger charge is -2.06. The molecule has 0 aliphatic carbocycles. The summed E-state index contributed by atoms with van der Waals surface area (Å²) in [5, 5.41) is 22.4. The number of nitro benzene ring substituents is 1. The minimum atomic E-state index is -2.22. The third-order valence-corrected chi connectivity index (χ3v) is 2.75. The zero-order valence-corrected chi connectivity index (χ0v) is 9.47. The van der Waals surface area contributed by atoms with E-state index in [0.29, 0.717) is 0 Å². The maximum atomic E-state index is 11.0. The minimum Gasteiger partial charge on any atom is -0.508 e. The SMILES string of the molecule is CO[PH](=O)CNc1ccc(O)cc1[N+](=O)[O-]. The first kappa shape index (κ1) is 12.5. The van der Waals surface area contributed by atoms with E-state index in [-0.39, 0.29) is 23.4 Å². The summed E-state index contributed by atoms with van der Waals surface area (Å²) in [6, 6.07) is 3.67. The summed E-state index contributed by atoms with van der Waals surface area (Å²) >= 11 is 0. The molecule has 1 rings (SSSR count). The first-order valence-electron chi connectivity index (χ1n) is 4.32. The normalized spacial score (nSPS) is 12.1. The van der Waals surface area contributed by atoms with Gasteiger partial charge in [-0.15, -0.1) is 0 Å². The molecule has 0 bridgehead atoms. The van der Waals surface area contributed by atoms with Crippen LogP contribution >= 0.6 is 8.03 Å². The summed E-state index contributed by atoms with van der Waals surface area (Å²) < 4.78 is 15.6. The number of aromatic hydroxyl groups is 1. The van der Waals surface area contributed by atoms with Crippen molar-refractivity contribution >= 4 is 19.4 Å². The maximum Gasteiger partial charge on any atom is 0.296 e. The Balaban J connectivity index is 2.87. The number of anilines is 1. The molecule has 0 saturated carbocycles. The summed E-state index contributed by atoms with van der Waals surface area (Å²) in [4.78, 5) is 10.0. The molecular weight excluding hydrogens is 235 g/mol. The molecule has 0 radical (unpaired) electrons. The van der Waals surface area contributed by atoms with Crippen molar-refractivity contribution in [3.05, 3.63) is 28.3 Å². The molecule has 88 valence electrons. The van der Waals surface area contributed by atoms with Crippen molar-refractivity contribution in [3.63, 3.8) is 0 Å². The van der Waals surface area contributed by atoms with Crippen LogP contribution in [0.1, 0.15) is 0 Å². The van der Waals surface area contributed by atoms with E-state index in [2.05, 4.69) is 9.84 Å². The molecule has 0 aliphatic rings. The van der Waals surface area contributed by atoms with Gasteiger partial charge in [-0.25, -0.2) is 0 Å². The van der Waals surface area contributed by atoms with E-state index in [1.54, 1.807) is 0 Å². The van der Waals surface area contributed by atoms with E-state index in [9.17, 15) is 14.7 Å². The highest BCUT2D eigenvalue weighted by molar-refractivity contribution is 7.39. The fourth-order valence-electron chi connectivity index (χ4n) is 1.06. The van der Waals surface area contributed by atoms with Gasteiger partial charge in [-0.2, -0.15) is 0 Å². The van der Waals surface area contributed by atoms with Gasteiger partial charge >= 0.3 is 0 Å². The summed E-state index contributed by atoms with van der Waals surface area (Å²) in [6.45, 7) is 0. The Morgan fingerprint density at radius 3 is 2.88 bits per heavy atom. The molecule has 16 heavy (non-hydrogen) atoms. The van der Waals surface area contributed by atoms with Crippen molar-refractivity contribution in [1.29, 1.82) is 0 Å². The smallest absolute Gasteiger partial charge is 0.296 e. The Morgan fingerprint density at radius 1 is 1.62 bits per heavy atom. The van der Waals surface area contributed by atoms with Crippen LogP contribution in [-0.4, -0.2) is 23.4 Å². The van der Waals surface area contributed by atoms with Crippen LogP contribution in [0.15, 0.2) is 18.2 Å². The van der Waals surface area contributed by atoms with E-state index >= 15 is 0 Å². The van der Waals surface area contributed by atoms with E-state index in [1.165, 1.54) is 19.2 Å². The number of rotatable bonds is 5. The molecule has 2 N–H and O–H groups in total. The quantitative estimate of drug-likeness (QED) is 0.355. The first-order chi connectivity index (χ1) is 7.54. The zero-order valence-electron chi connectivity index (χ0n) is 8.47. The van der Waals surface area contributed by atoms with E-state index in [1.807, 2.05) is 0 Å². The van der Waals surface area contributed by atoms with Crippen molar-refractivity contribution in [2.24, 2.45) is 0 Å². The highest BCUT2D eigenvalue weighted by atomic mass is 31.1. The van der Waals surface area contributed by atoms with Gasteiger partial charge in [0, 0.05) is 7.11 Å². The molecule has 0 saturated heterocycles. The van der Waals surface area contributed by atoms with Crippen LogP contribution < -0.4 is 5.32 Å². The van der Waals surface area contributed by atoms with Crippen molar-refractivity contribution in [1.82, 2.24) is 0 Å². The maximum absolute atomic E-state index is 11.0. The van der Waals surface area contributed by atoms with Gasteiger partial charge in [-0.05, 0) is 12.1 Å². The van der Waals surface area contributed by atoms with Crippen molar-refractivity contribution in [2.75, 3.05) is 18.7 Å². The lowest BCUT2D eigenvalue weighted by atomic mass is 10.2. The summed E-state index contributed by atoms with van der Waals surface area (Å²) in [5.41, 5.74) is -0.0795. The number of nitro groups is 1. The second kappa shape index (κ2) is 5.48. The van der Waals surface area contributed by atoms with Crippen LogP contribution in [0.2, 0.25) is 0 Å². The molecule has 1 aromatic carbocycles. The molecule has 1 atom stereocenters. The van der Waals surface area contributed by atoms with Crippen LogP contribution in [0, 0.1) is 10.1 Å². The molecule has 0 aromatic heterocycles. The third-order valence-electron chi connectivity index (χ3n) is 1.83. The molecule has 0 amide bonds. The highest BCUT2D eigenvalue weighted by Crippen LogP contribution is 2.30. The Labute approximate surface area is 92.1 Å². The summed E-state index contributed by atoms with van der Waals surface area (Å²) in [6.07, 6.45) is 0.00673. The van der Waals surface area contributed by atoms with Crippen molar-refractivity contribution < 1.29 is 19.1 Å². The number of phenolic OH excluding ortho intramolecular Hbond substituents is 1. The molecule has 1 aromatic rings. The first-order valence-corrected chi connectivity index (χ1v) is 5.85. The van der Waals surface area contributed by atoms with E-state index < -0.39 is 13.0 Å². The largest absolute Gasteiger partial charge is 0.508 e. The Morgan fingerprint density at radius 2 is 2.31 bits per heavy atom. The standard InChI is InChI=1S/C8H11N2O5P/c1-15-16(14)5-9-7-3-2-6(11)4-8(7)10(12)13/h2-4,9,11,16H,5H2,1H3. The lowest BCUT2D eigenvalue weighted by Crippen LogP contribution is -2.01. The topological polar surface area (TPSA) is 102 Å². The van der Waals surface area contributed by atoms with E-state index in [4.69, 9.17) is 5.11 Å². The average Bonchev–Trinajstić information content (AvgIpc) is 2.26. The van der Waals surface area contributed by atoms with Gasteiger partial charge in [-0.1, -0.05) is 0 Å². The summed E-state index contributed by atoms with van der Waals surface area (Å²) in [5.74, 6) is -0.198. The van der Waals surface area contributed by atoms with Crippen LogP contribution in [0.4, 0.5) is 11.4 Å². The molecule has 1 unspecified atom stereocenters. The fourth-order valence-corrected chi connectivity index (χ4v) is 1.54. The average molecular weight is 246 g/mol. The Hall–Kier alpha value is -1.59. The van der Waals surface area contributed by atoms with E-state index in [0.717, 1.165) is 6.07 Å². The van der Waals surface area contributed by atoms with Crippen LogP contribution in [-0.2, 0) is 9.09 Å². The zero-order chi connectivity index (χ0) is 12.1. The van der Waals surface area contributed by atoms with Gasteiger partial charge in [0.15, 0.2) is 0 Å².